The second-order valence-corrected chi connectivity index (χ2v) is 4.54. The third-order valence-electron chi connectivity index (χ3n) is 3.14. The van der Waals surface area contributed by atoms with Gasteiger partial charge in [-0.1, -0.05) is 0 Å². The standard InChI is InChI=1S/C12H18N2O3/c1-9-8-14(12(16)13-11(9)15)6-2-4-10-5-3-7-17-10/h8,10H,2-7H2,1H3,(H,13,15,16). The average Bonchev–Trinajstić information content (AvgIpc) is 2.78. The lowest BCUT2D eigenvalue weighted by molar-refractivity contribution is 0.101. The van der Waals surface area contributed by atoms with Gasteiger partial charge in [0.15, 0.2) is 0 Å². The molecule has 94 valence electrons. The molecule has 5 nitrogen and oxygen atoms in total. The quantitative estimate of drug-likeness (QED) is 0.844. The van der Waals surface area contributed by atoms with Crippen LogP contribution in [-0.2, 0) is 11.3 Å². The van der Waals surface area contributed by atoms with Crippen LogP contribution in [0.4, 0.5) is 0 Å². The molecule has 1 unspecified atom stereocenters. The second-order valence-electron chi connectivity index (χ2n) is 4.54. The van der Waals surface area contributed by atoms with E-state index in [0.29, 0.717) is 18.2 Å². The highest BCUT2D eigenvalue weighted by Gasteiger charge is 2.14. The van der Waals surface area contributed by atoms with E-state index in [1.54, 1.807) is 17.7 Å². The van der Waals surface area contributed by atoms with Crippen molar-refractivity contribution in [3.63, 3.8) is 0 Å². The SMILES string of the molecule is Cc1cn(CCCC2CCCO2)c(=O)[nH]c1=O. The zero-order valence-corrected chi connectivity index (χ0v) is 10.1. The first-order chi connectivity index (χ1) is 8.16. The predicted molar refractivity (Wildman–Crippen MR) is 64.3 cm³/mol. The van der Waals surface area contributed by atoms with Crippen molar-refractivity contribution in [3.8, 4) is 0 Å². The number of aromatic amines is 1. The monoisotopic (exact) mass is 238 g/mol. The maximum absolute atomic E-state index is 11.5. The van der Waals surface area contributed by atoms with Crippen LogP contribution in [0.3, 0.4) is 0 Å². The third-order valence-corrected chi connectivity index (χ3v) is 3.14. The zero-order valence-electron chi connectivity index (χ0n) is 10.1. The molecule has 0 bridgehead atoms. The number of aromatic nitrogens is 2. The number of H-pyrrole nitrogens is 1. The lowest BCUT2D eigenvalue weighted by Gasteiger charge is -2.10. The van der Waals surface area contributed by atoms with Crippen molar-refractivity contribution >= 4 is 0 Å². The predicted octanol–water partition coefficient (Wildman–Crippen LogP) is 0.804. The summed E-state index contributed by atoms with van der Waals surface area (Å²) in [5, 5.41) is 0. The van der Waals surface area contributed by atoms with E-state index >= 15 is 0 Å². The molecule has 0 spiro atoms. The Bertz CT molecular complexity index is 483. The third kappa shape index (κ3) is 3.06. The Labute approximate surface area is 99.4 Å². The summed E-state index contributed by atoms with van der Waals surface area (Å²) < 4.78 is 7.08. The summed E-state index contributed by atoms with van der Waals surface area (Å²) in [5.74, 6) is 0. The first kappa shape index (κ1) is 12.1. The van der Waals surface area contributed by atoms with E-state index in [9.17, 15) is 9.59 Å². The van der Waals surface area contributed by atoms with E-state index in [1.807, 2.05) is 0 Å². The fourth-order valence-corrected chi connectivity index (χ4v) is 2.15. The van der Waals surface area contributed by atoms with Gasteiger partial charge >= 0.3 is 5.69 Å². The maximum atomic E-state index is 11.5. The maximum Gasteiger partial charge on any atom is 0.328 e. The van der Waals surface area contributed by atoms with E-state index in [2.05, 4.69) is 4.98 Å². The van der Waals surface area contributed by atoms with Crippen molar-refractivity contribution in [3.05, 3.63) is 32.6 Å². The molecule has 2 heterocycles. The Kier molecular flexibility index (Phi) is 3.78. The molecule has 0 saturated carbocycles. The van der Waals surface area contributed by atoms with Crippen LogP contribution in [-0.4, -0.2) is 22.3 Å². The molecule has 17 heavy (non-hydrogen) atoms. The van der Waals surface area contributed by atoms with Crippen molar-refractivity contribution in [2.24, 2.45) is 0 Å². The fourth-order valence-electron chi connectivity index (χ4n) is 2.15. The molecule has 1 saturated heterocycles. The molecule has 5 heteroatoms. The molecule has 0 aromatic carbocycles. The molecule has 0 aliphatic carbocycles. The lowest BCUT2D eigenvalue weighted by Crippen LogP contribution is -2.31. The Hall–Kier alpha value is -1.36. The normalized spacial score (nSPS) is 19.7. The summed E-state index contributed by atoms with van der Waals surface area (Å²) in [5.41, 5.74) is -0.0555. The molecule has 1 aliphatic rings. The van der Waals surface area contributed by atoms with Gasteiger partial charge in [0.25, 0.3) is 5.56 Å². The summed E-state index contributed by atoms with van der Waals surface area (Å²) in [4.78, 5) is 25.0. The van der Waals surface area contributed by atoms with Crippen LogP contribution in [0.25, 0.3) is 0 Å². The van der Waals surface area contributed by atoms with Gasteiger partial charge in [0.1, 0.15) is 0 Å². The van der Waals surface area contributed by atoms with Gasteiger partial charge in [-0.2, -0.15) is 0 Å². The summed E-state index contributed by atoms with van der Waals surface area (Å²) in [6, 6.07) is 0. The van der Waals surface area contributed by atoms with E-state index in [-0.39, 0.29) is 11.2 Å². The van der Waals surface area contributed by atoms with Gasteiger partial charge in [0, 0.05) is 24.9 Å². The highest BCUT2D eigenvalue weighted by molar-refractivity contribution is 5.00. The second kappa shape index (κ2) is 5.31. The first-order valence-corrected chi connectivity index (χ1v) is 6.09. The van der Waals surface area contributed by atoms with E-state index in [1.165, 1.54) is 0 Å². The molecule has 2 rings (SSSR count). The van der Waals surface area contributed by atoms with Gasteiger partial charge in [0.05, 0.1) is 6.10 Å². The van der Waals surface area contributed by atoms with Gasteiger partial charge in [-0.05, 0) is 32.6 Å². The summed E-state index contributed by atoms with van der Waals surface area (Å²) in [7, 11) is 0. The highest BCUT2D eigenvalue weighted by Crippen LogP contribution is 2.16. The van der Waals surface area contributed by atoms with Gasteiger partial charge < -0.3 is 9.30 Å². The van der Waals surface area contributed by atoms with Crippen LogP contribution >= 0.6 is 0 Å². The number of nitrogens with one attached hydrogen (secondary N) is 1. The summed E-state index contributed by atoms with van der Waals surface area (Å²) >= 11 is 0. The van der Waals surface area contributed by atoms with Crippen molar-refractivity contribution in [1.82, 2.24) is 9.55 Å². The molecule has 1 aliphatic heterocycles. The van der Waals surface area contributed by atoms with Gasteiger partial charge in [0.2, 0.25) is 0 Å². The molecule has 1 aromatic rings. The summed E-state index contributed by atoms with van der Waals surface area (Å²) in [6.07, 6.45) is 6.12. The van der Waals surface area contributed by atoms with Crippen molar-refractivity contribution in [1.29, 1.82) is 0 Å². The van der Waals surface area contributed by atoms with Crippen LogP contribution in [0.15, 0.2) is 15.8 Å². The number of rotatable bonds is 4. The van der Waals surface area contributed by atoms with Gasteiger partial charge in [-0.15, -0.1) is 0 Å². The van der Waals surface area contributed by atoms with Crippen molar-refractivity contribution < 1.29 is 4.74 Å². The van der Waals surface area contributed by atoms with Crippen molar-refractivity contribution in [2.45, 2.75) is 45.3 Å². The minimum Gasteiger partial charge on any atom is -0.378 e. The van der Waals surface area contributed by atoms with Crippen molar-refractivity contribution in [2.75, 3.05) is 6.61 Å². The number of hydrogen-bond acceptors (Lipinski definition) is 3. The van der Waals surface area contributed by atoms with Crippen LogP contribution in [0, 0.1) is 6.92 Å². The molecular weight excluding hydrogens is 220 g/mol. The molecule has 1 N–H and O–H groups in total. The van der Waals surface area contributed by atoms with Crippen LogP contribution in [0.5, 0.6) is 0 Å². The smallest absolute Gasteiger partial charge is 0.328 e. The molecule has 0 radical (unpaired) electrons. The number of aryl methyl sites for hydroxylation is 2. The number of nitrogens with zero attached hydrogens (tertiary/aromatic N) is 1. The molecule has 0 amide bonds. The fraction of sp³-hybridized carbons (Fsp3) is 0.667. The first-order valence-electron chi connectivity index (χ1n) is 6.09. The van der Waals surface area contributed by atoms with Gasteiger partial charge in [-0.25, -0.2) is 4.79 Å². The Morgan fingerprint density at radius 2 is 2.35 bits per heavy atom. The largest absolute Gasteiger partial charge is 0.378 e. The molecule has 1 fully saturated rings. The average molecular weight is 238 g/mol. The molecule has 1 aromatic heterocycles. The van der Waals surface area contributed by atoms with E-state index < -0.39 is 0 Å². The minimum absolute atomic E-state index is 0.301. The van der Waals surface area contributed by atoms with E-state index in [4.69, 9.17) is 4.74 Å². The zero-order chi connectivity index (χ0) is 12.3. The van der Waals surface area contributed by atoms with Crippen LogP contribution < -0.4 is 11.2 Å². The lowest BCUT2D eigenvalue weighted by atomic mass is 10.1. The summed E-state index contributed by atoms with van der Waals surface area (Å²) in [6.45, 7) is 3.20. The van der Waals surface area contributed by atoms with Crippen LogP contribution in [0.2, 0.25) is 0 Å². The Morgan fingerprint density at radius 1 is 1.53 bits per heavy atom. The topological polar surface area (TPSA) is 64.1 Å². The molecule has 1 atom stereocenters. The molecular formula is C12H18N2O3. The highest BCUT2D eigenvalue weighted by atomic mass is 16.5. The minimum atomic E-state index is -0.326. The van der Waals surface area contributed by atoms with Gasteiger partial charge in [-0.3, -0.25) is 9.78 Å². The Morgan fingerprint density at radius 3 is 3.06 bits per heavy atom. The Balaban J connectivity index is 1.92. The number of hydrogen-bond donors (Lipinski definition) is 1. The van der Waals surface area contributed by atoms with E-state index in [0.717, 1.165) is 32.3 Å². The van der Waals surface area contributed by atoms with Crippen LogP contribution in [0.1, 0.15) is 31.2 Å². The number of ether oxygens (including phenoxy) is 1.